The van der Waals surface area contributed by atoms with Crippen molar-refractivity contribution in [2.24, 2.45) is 5.92 Å². The van der Waals surface area contributed by atoms with Crippen molar-refractivity contribution in [1.82, 2.24) is 14.7 Å². The third-order valence-electron chi connectivity index (χ3n) is 4.71. The molecule has 0 aliphatic carbocycles. The molecule has 0 aromatic carbocycles. The van der Waals surface area contributed by atoms with Crippen molar-refractivity contribution in [3.05, 3.63) is 18.0 Å². The van der Waals surface area contributed by atoms with Gasteiger partial charge in [0, 0.05) is 18.8 Å². The average molecular weight is 293 g/mol. The van der Waals surface area contributed by atoms with E-state index in [-0.39, 0.29) is 5.92 Å². The highest BCUT2D eigenvalue weighted by Gasteiger charge is 2.29. The van der Waals surface area contributed by atoms with Crippen LogP contribution in [0.5, 0.6) is 0 Å². The number of hydrogen-bond donors (Lipinski definition) is 1. The van der Waals surface area contributed by atoms with Gasteiger partial charge in [-0.05, 0) is 45.2 Å². The van der Waals surface area contributed by atoms with Crippen molar-refractivity contribution >= 4 is 5.97 Å². The summed E-state index contributed by atoms with van der Waals surface area (Å²) in [6.07, 6.45) is 5.74. The van der Waals surface area contributed by atoms with E-state index in [0.717, 1.165) is 44.5 Å². The van der Waals surface area contributed by atoms with E-state index in [4.69, 9.17) is 10.2 Å². The highest BCUT2D eigenvalue weighted by atomic mass is 16.4. The molecule has 118 valence electrons. The van der Waals surface area contributed by atoms with Crippen molar-refractivity contribution in [2.45, 2.75) is 65.1 Å². The number of carbonyl (C=O) groups is 1. The first-order valence-corrected chi connectivity index (χ1v) is 8.06. The summed E-state index contributed by atoms with van der Waals surface area (Å²) in [4.78, 5) is 13.4. The zero-order valence-corrected chi connectivity index (χ0v) is 13.3. The number of likely N-dealkylation sites (tertiary alicyclic amines) is 1. The van der Waals surface area contributed by atoms with E-state index in [2.05, 4.69) is 42.6 Å². The predicted molar refractivity (Wildman–Crippen MR) is 82.1 cm³/mol. The van der Waals surface area contributed by atoms with E-state index >= 15 is 0 Å². The van der Waals surface area contributed by atoms with Gasteiger partial charge in [0.15, 0.2) is 0 Å². The molecule has 2 rings (SSSR count). The molecule has 1 aliphatic heterocycles. The van der Waals surface area contributed by atoms with Crippen LogP contribution in [0.4, 0.5) is 0 Å². The smallest absolute Gasteiger partial charge is 0.306 e. The molecule has 2 atom stereocenters. The molecular formula is C16H27N3O2. The first kappa shape index (κ1) is 16.0. The molecule has 2 heterocycles. The second-order valence-corrected chi connectivity index (χ2v) is 6.14. The lowest BCUT2D eigenvalue weighted by Crippen LogP contribution is -2.42. The largest absolute Gasteiger partial charge is 0.481 e. The van der Waals surface area contributed by atoms with Crippen LogP contribution in [0.3, 0.4) is 0 Å². The van der Waals surface area contributed by atoms with Crippen LogP contribution in [-0.2, 0) is 11.3 Å². The van der Waals surface area contributed by atoms with E-state index in [1.165, 1.54) is 0 Å². The van der Waals surface area contributed by atoms with E-state index < -0.39 is 5.97 Å². The summed E-state index contributed by atoms with van der Waals surface area (Å²) >= 11 is 0. The molecule has 0 bridgehead atoms. The van der Waals surface area contributed by atoms with Crippen molar-refractivity contribution in [3.63, 3.8) is 0 Å². The van der Waals surface area contributed by atoms with Gasteiger partial charge in [0.25, 0.3) is 0 Å². The Morgan fingerprint density at radius 3 is 2.76 bits per heavy atom. The van der Waals surface area contributed by atoms with Gasteiger partial charge in [-0.25, -0.2) is 0 Å². The number of carboxylic acid groups (broad SMARTS) is 1. The second-order valence-electron chi connectivity index (χ2n) is 6.14. The van der Waals surface area contributed by atoms with Gasteiger partial charge < -0.3 is 5.11 Å². The zero-order chi connectivity index (χ0) is 15.4. The number of piperidine rings is 1. The van der Waals surface area contributed by atoms with Gasteiger partial charge in [0.05, 0.1) is 17.7 Å². The van der Waals surface area contributed by atoms with Crippen molar-refractivity contribution < 1.29 is 9.90 Å². The molecule has 5 heteroatoms. The minimum absolute atomic E-state index is 0.182. The molecule has 1 N–H and O–H groups in total. The summed E-state index contributed by atoms with van der Waals surface area (Å²) in [5.74, 6) is -0.835. The molecule has 1 aromatic heterocycles. The lowest BCUT2D eigenvalue weighted by Gasteiger charge is -2.35. The van der Waals surface area contributed by atoms with Crippen LogP contribution in [0.25, 0.3) is 0 Å². The topological polar surface area (TPSA) is 58.4 Å². The fourth-order valence-corrected chi connectivity index (χ4v) is 3.22. The second kappa shape index (κ2) is 7.07. The third kappa shape index (κ3) is 3.84. The monoisotopic (exact) mass is 293 g/mol. The molecule has 1 aliphatic rings. The van der Waals surface area contributed by atoms with Gasteiger partial charge in [-0.3, -0.25) is 14.4 Å². The predicted octanol–water partition coefficient (Wildman–Crippen LogP) is 2.93. The van der Waals surface area contributed by atoms with E-state index in [0.29, 0.717) is 12.1 Å². The maximum Gasteiger partial charge on any atom is 0.306 e. The Labute approximate surface area is 126 Å². The molecule has 0 saturated carbocycles. The van der Waals surface area contributed by atoms with Gasteiger partial charge in [-0.2, -0.15) is 5.10 Å². The Balaban J connectivity index is 1.95. The molecule has 0 radical (unpaired) electrons. The minimum Gasteiger partial charge on any atom is -0.481 e. The lowest BCUT2D eigenvalue weighted by atomic mass is 9.91. The van der Waals surface area contributed by atoms with Crippen molar-refractivity contribution in [2.75, 3.05) is 6.54 Å². The Bertz CT molecular complexity index is 468. The molecule has 0 amide bonds. The highest BCUT2D eigenvalue weighted by molar-refractivity contribution is 5.70. The van der Waals surface area contributed by atoms with Gasteiger partial charge in [-0.1, -0.05) is 13.8 Å². The summed E-state index contributed by atoms with van der Waals surface area (Å²) in [6.45, 7) is 8.16. The number of carboxylic acids is 1. The summed E-state index contributed by atoms with van der Waals surface area (Å²) in [7, 11) is 0. The number of hydrogen-bond acceptors (Lipinski definition) is 3. The molecular weight excluding hydrogens is 266 g/mol. The van der Waals surface area contributed by atoms with Crippen LogP contribution in [0.2, 0.25) is 0 Å². The van der Waals surface area contributed by atoms with Gasteiger partial charge in [0.1, 0.15) is 0 Å². The maximum atomic E-state index is 11.1. The van der Waals surface area contributed by atoms with E-state index in [9.17, 15) is 4.79 Å². The minimum atomic E-state index is -0.653. The summed E-state index contributed by atoms with van der Waals surface area (Å²) in [5.41, 5.74) is 1.09. The van der Waals surface area contributed by atoms with Gasteiger partial charge in [0.2, 0.25) is 0 Å². The number of rotatable bonds is 6. The van der Waals surface area contributed by atoms with E-state index in [1.54, 1.807) is 0 Å². The Hall–Kier alpha value is -1.36. The van der Waals surface area contributed by atoms with Gasteiger partial charge >= 0.3 is 5.97 Å². The molecule has 5 nitrogen and oxygen atoms in total. The molecule has 1 fully saturated rings. The maximum absolute atomic E-state index is 11.1. The van der Waals surface area contributed by atoms with Crippen LogP contribution in [0.15, 0.2) is 12.3 Å². The fraction of sp³-hybridized carbons (Fsp3) is 0.750. The average Bonchev–Trinajstić information content (AvgIpc) is 2.91. The summed E-state index contributed by atoms with van der Waals surface area (Å²) in [6, 6.07) is 2.88. The summed E-state index contributed by atoms with van der Waals surface area (Å²) < 4.78 is 2.07. The molecule has 2 unspecified atom stereocenters. The lowest BCUT2D eigenvalue weighted by molar-refractivity contribution is -0.144. The Morgan fingerprint density at radius 1 is 1.48 bits per heavy atom. The standard InChI is InChI=1S/C16H27N3O2/c1-4-15(5-2)19-9-7-14(17-19)11-18-8-6-13(16(20)21)10-12(18)3/h7,9,12-13,15H,4-6,8,10-11H2,1-3H3,(H,20,21). The van der Waals surface area contributed by atoms with Crippen molar-refractivity contribution in [3.8, 4) is 0 Å². The quantitative estimate of drug-likeness (QED) is 0.876. The van der Waals surface area contributed by atoms with Crippen molar-refractivity contribution in [1.29, 1.82) is 0 Å². The molecule has 1 saturated heterocycles. The Kier molecular flexibility index (Phi) is 5.39. The fourth-order valence-electron chi connectivity index (χ4n) is 3.22. The number of nitrogens with zero attached hydrogens (tertiary/aromatic N) is 3. The van der Waals surface area contributed by atoms with Crippen LogP contribution in [0.1, 0.15) is 58.2 Å². The summed E-state index contributed by atoms with van der Waals surface area (Å²) in [5, 5.41) is 13.8. The zero-order valence-electron chi connectivity index (χ0n) is 13.3. The van der Waals surface area contributed by atoms with Crippen LogP contribution < -0.4 is 0 Å². The third-order valence-corrected chi connectivity index (χ3v) is 4.71. The first-order valence-electron chi connectivity index (χ1n) is 8.06. The van der Waals surface area contributed by atoms with Crippen LogP contribution >= 0.6 is 0 Å². The van der Waals surface area contributed by atoms with Crippen LogP contribution in [-0.4, -0.2) is 38.3 Å². The first-order chi connectivity index (χ1) is 10.0. The normalized spacial score (nSPS) is 23.6. The number of aromatic nitrogens is 2. The SMILES string of the molecule is CCC(CC)n1ccc(CN2CCC(C(=O)O)CC2C)n1. The number of aliphatic carboxylic acids is 1. The Morgan fingerprint density at radius 2 is 2.19 bits per heavy atom. The molecule has 1 aromatic rings. The highest BCUT2D eigenvalue weighted by Crippen LogP contribution is 2.24. The van der Waals surface area contributed by atoms with E-state index in [1.807, 2.05) is 0 Å². The van der Waals surface area contributed by atoms with Crippen LogP contribution in [0, 0.1) is 5.92 Å². The molecule has 0 spiro atoms. The molecule has 21 heavy (non-hydrogen) atoms. The van der Waals surface area contributed by atoms with Gasteiger partial charge in [-0.15, -0.1) is 0 Å².